The molecule has 0 radical (unpaired) electrons. The van der Waals surface area contributed by atoms with Crippen LogP contribution in [0.4, 0.5) is 4.39 Å². The van der Waals surface area contributed by atoms with Gasteiger partial charge in [-0.1, -0.05) is 51.1 Å². The highest BCUT2D eigenvalue weighted by Crippen LogP contribution is 2.33. The van der Waals surface area contributed by atoms with E-state index in [-0.39, 0.29) is 16.2 Å². The van der Waals surface area contributed by atoms with E-state index in [4.69, 9.17) is 9.47 Å². The van der Waals surface area contributed by atoms with Crippen molar-refractivity contribution in [2.24, 2.45) is 0 Å². The van der Waals surface area contributed by atoms with Crippen molar-refractivity contribution in [3.8, 4) is 28.4 Å². The lowest BCUT2D eigenvalue weighted by Crippen LogP contribution is -2.13. The number of hydrogen-bond acceptors (Lipinski definition) is 3. The van der Waals surface area contributed by atoms with Gasteiger partial charge < -0.3 is 14.0 Å². The standard InChI is InChI=1S/C27H26FNO3/c1-27(2,3)18-11-9-17(10-12-18)24-16-25(30)26-22(28)7-6-8-23(26)29(24)19-13-20(31-4)15-21(14-19)32-5/h6-16H,1-5H3. The van der Waals surface area contributed by atoms with Gasteiger partial charge in [0.1, 0.15) is 17.3 Å². The van der Waals surface area contributed by atoms with Crippen molar-refractivity contribution in [1.82, 2.24) is 4.57 Å². The molecule has 0 unspecified atom stereocenters. The molecule has 0 saturated carbocycles. The van der Waals surface area contributed by atoms with Crippen LogP contribution in [0.2, 0.25) is 0 Å². The highest BCUT2D eigenvalue weighted by molar-refractivity contribution is 5.85. The Morgan fingerprint density at radius 1 is 0.844 bits per heavy atom. The maximum Gasteiger partial charge on any atom is 0.193 e. The van der Waals surface area contributed by atoms with Gasteiger partial charge >= 0.3 is 0 Å². The average molecular weight is 432 g/mol. The maximum absolute atomic E-state index is 14.7. The first-order valence-corrected chi connectivity index (χ1v) is 10.4. The van der Waals surface area contributed by atoms with E-state index in [1.54, 1.807) is 32.4 Å². The van der Waals surface area contributed by atoms with Crippen LogP contribution in [0.1, 0.15) is 26.3 Å². The number of halogens is 1. The first kappa shape index (κ1) is 21.6. The van der Waals surface area contributed by atoms with Crippen LogP contribution in [0.3, 0.4) is 0 Å². The molecule has 0 aliphatic carbocycles. The minimum Gasteiger partial charge on any atom is -0.497 e. The number of hydrogen-bond donors (Lipinski definition) is 0. The van der Waals surface area contributed by atoms with Crippen LogP contribution in [-0.2, 0) is 5.41 Å². The number of ether oxygens (including phenoxy) is 2. The second-order valence-electron chi connectivity index (χ2n) is 8.76. The molecule has 0 fully saturated rings. The fraction of sp³-hybridized carbons (Fsp3) is 0.222. The average Bonchev–Trinajstić information content (AvgIpc) is 2.78. The summed E-state index contributed by atoms with van der Waals surface area (Å²) in [4.78, 5) is 12.9. The molecule has 164 valence electrons. The third-order valence-electron chi connectivity index (χ3n) is 5.63. The zero-order valence-electron chi connectivity index (χ0n) is 18.9. The second kappa shape index (κ2) is 8.15. The van der Waals surface area contributed by atoms with Crippen LogP contribution in [0.15, 0.2) is 71.5 Å². The molecule has 0 bridgehead atoms. The van der Waals surface area contributed by atoms with E-state index in [1.807, 2.05) is 28.8 Å². The number of fused-ring (bicyclic) bond motifs is 1. The van der Waals surface area contributed by atoms with Gasteiger partial charge in [0.2, 0.25) is 0 Å². The molecular formula is C27H26FNO3. The summed E-state index contributed by atoms with van der Waals surface area (Å²) in [5.74, 6) is 0.638. The van der Waals surface area contributed by atoms with Gasteiger partial charge in [-0.25, -0.2) is 4.39 Å². The lowest BCUT2D eigenvalue weighted by atomic mass is 9.86. The van der Waals surface area contributed by atoms with Gasteiger partial charge in [0.15, 0.2) is 5.43 Å². The van der Waals surface area contributed by atoms with E-state index in [9.17, 15) is 9.18 Å². The number of nitrogens with zero attached hydrogens (tertiary/aromatic N) is 1. The van der Waals surface area contributed by atoms with Crippen molar-refractivity contribution in [2.45, 2.75) is 26.2 Å². The predicted molar refractivity (Wildman–Crippen MR) is 127 cm³/mol. The predicted octanol–water partition coefficient (Wildman–Crippen LogP) is 6.11. The molecule has 4 rings (SSSR count). The minimum absolute atomic E-state index is 0.00483. The molecule has 0 aliphatic heterocycles. The molecule has 0 N–H and O–H groups in total. The van der Waals surface area contributed by atoms with E-state index >= 15 is 0 Å². The molecule has 0 saturated heterocycles. The zero-order chi connectivity index (χ0) is 23.0. The van der Waals surface area contributed by atoms with E-state index in [2.05, 4.69) is 32.9 Å². The van der Waals surface area contributed by atoms with Gasteiger partial charge in [-0.2, -0.15) is 0 Å². The molecule has 4 aromatic rings. The van der Waals surface area contributed by atoms with Crippen molar-refractivity contribution >= 4 is 10.9 Å². The Labute approximate surface area is 186 Å². The topological polar surface area (TPSA) is 40.5 Å². The van der Waals surface area contributed by atoms with Crippen LogP contribution < -0.4 is 14.9 Å². The lowest BCUT2D eigenvalue weighted by Gasteiger charge is -2.21. The van der Waals surface area contributed by atoms with Crippen LogP contribution in [-0.4, -0.2) is 18.8 Å². The Morgan fingerprint density at radius 2 is 1.47 bits per heavy atom. The van der Waals surface area contributed by atoms with Gasteiger partial charge in [-0.3, -0.25) is 4.79 Å². The van der Waals surface area contributed by atoms with Crippen LogP contribution >= 0.6 is 0 Å². The molecular weight excluding hydrogens is 405 g/mol. The smallest absolute Gasteiger partial charge is 0.193 e. The molecule has 0 spiro atoms. The monoisotopic (exact) mass is 431 g/mol. The fourth-order valence-corrected chi connectivity index (χ4v) is 3.89. The summed E-state index contributed by atoms with van der Waals surface area (Å²) in [5, 5.41) is 0.0457. The Bertz CT molecular complexity index is 1330. The lowest BCUT2D eigenvalue weighted by molar-refractivity contribution is 0.394. The minimum atomic E-state index is -0.550. The van der Waals surface area contributed by atoms with Crippen LogP contribution in [0.5, 0.6) is 11.5 Å². The fourth-order valence-electron chi connectivity index (χ4n) is 3.89. The summed E-state index contributed by atoms with van der Waals surface area (Å²) in [6, 6.07) is 19.7. The summed E-state index contributed by atoms with van der Waals surface area (Å²) in [5.41, 5.74) is 3.51. The number of benzene rings is 3. The summed E-state index contributed by atoms with van der Waals surface area (Å²) in [6.07, 6.45) is 0. The van der Waals surface area contributed by atoms with Gasteiger partial charge in [0.25, 0.3) is 0 Å². The first-order valence-electron chi connectivity index (χ1n) is 10.4. The van der Waals surface area contributed by atoms with Crippen LogP contribution in [0.25, 0.3) is 27.8 Å². The quantitative estimate of drug-likeness (QED) is 0.391. The first-order chi connectivity index (χ1) is 15.2. The van der Waals surface area contributed by atoms with E-state index in [0.29, 0.717) is 28.4 Å². The number of pyridine rings is 1. The second-order valence-corrected chi connectivity index (χ2v) is 8.76. The van der Waals surface area contributed by atoms with Gasteiger partial charge in [0, 0.05) is 24.3 Å². The van der Waals surface area contributed by atoms with E-state index in [1.165, 1.54) is 17.7 Å². The molecule has 1 aromatic heterocycles. The Balaban J connectivity index is 2.08. The largest absolute Gasteiger partial charge is 0.497 e. The van der Waals surface area contributed by atoms with Crippen molar-refractivity contribution < 1.29 is 13.9 Å². The summed E-state index contributed by atoms with van der Waals surface area (Å²) in [6.45, 7) is 6.46. The SMILES string of the molecule is COc1cc(OC)cc(-n2c(-c3ccc(C(C)(C)C)cc3)cc(=O)c3c(F)cccc32)c1. The molecule has 0 amide bonds. The van der Waals surface area contributed by atoms with Crippen molar-refractivity contribution in [3.05, 3.63) is 88.3 Å². The highest BCUT2D eigenvalue weighted by atomic mass is 19.1. The zero-order valence-corrected chi connectivity index (χ0v) is 18.9. The highest BCUT2D eigenvalue weighted by Gasteiger charge is 2.18. The molecule has 0 aliphatic rings. The van der Waals surface area contributed by atoms with Crippen molar-refractivity contribution in [2.75, 3.05) is 14.2 Å². The number of methoxy groups -OCH3 is 2. The number of aromatic nitrogens is 1. The summed E-state index contributed by atoms with van der Waals surface area (Å²) >= 11 is 0. The van der Waals surface area contributed by atoms with E-state index in [0.717, 1.165) is 5.56 Å². The van der Waals surface area contributed by atoms with Gasteiger partial charge in [-0.15, -0.1) is 0 Å². The normalized spacial score (nSPS) is 11.6. The molecule has 5 heteroatoms. The third kappa shape index (κ3) is 3.86. The summed E-state index contributed by atoms with van der Waals surface area (Å²) < 4.78 is 27.5. The van der Waals surface area contributed by atoms with Gasteiger partial charge in [-0.05, 0) is 28.7 Å². The Morgan fingerprint density at radius 3 is 2.03 bits per heavy atom. The van der Waals surface area contributed by atoms with Crippen molar-refractivity contribution in [3.63, 3.8) is 0 Å². The Hall–Kier alpha value is -3.60. The molecule has 0 atom stereocenters. The third-order valence-corrected chi connectivity index (χ3v) is 5.63. The molecule has 4 nitrogen and oxygen atoms in total. The maximum atomic E-state index is 14.7. The van der Waals surface area contributed by atoms with Crippen molar-refractivity contribution in [1.29, 1.82) is 0 Å². The van der Waals surface area contributed by atoms with Gasteiger partial charge in [0.05, 0.1) is 36.5 Å². The molecule has 32 heavy (non-hydrogen) atoms. The van der Waals surface area contributed by atoms with Crippen LogP contribution in [0, 0.1) is 5.82 Å². The Kier molecular flexibility index (Phi) is 5.51. The molecule has 3 aromatic carbocycles. The molecule has 1 heterocycles. The van der Waals surface area contributed by atoms with E-state index < -0.39 is 5.82 Å². The number of rotatable bonds is 4. The summed E-state index contributed by atoms with van der Waals surface area (Å²) in [7, 11) is 3.15.